The highest BCUT2D eigenvalue weighted by Gasteiger charge is 2.45. The van der Waals surface area contributed by atoms with E-state index in [0.29, 0.717) is 42.6 Å². The molecule has 1 aliphatic heterocycles. The van der Waals surface area contributed by atoms with Crippen LogP contribution in [0.5, 0.6) is 0 Å². The van der Waals surface area contributed by atoms with Crippen molar-refractivity contribution in [2.24, 2.45) is 0 Å². The molecule has 2 aromatic rings. The molecule has 1 unspecified atom stereocenters. The van der Waals surface area contributed by atoms with E-state index in [4.69, 9.17) is 0 Å². The zero-order valence-corrected chi connectivity index (χ0v) is 23.2. The molecule has 8 nitrogen and oxygen atoms in total. The van der Waals surface area contributed by atoms with Gasteiger partial charge in [0.05, 0.1) is 28.9 Å². The Bertz CT molecular complexity index is 1400. The number of anilines is 1. The number of urea groups is 1. The van der Waals surface area contributed by atoms with Crippen molar-refractivity contribution >= 4 is 23.4 Å². The van der Waals surface area contributed by atoms with Crippen molar-refractivity contribution in [3.8, 4) is 6.07 Å². The van der Waals surface area contributed by atoms with Crippen LogP contribution in [0, 0.1) is 11.3 Å². The van der Waals surface area contributed by atoms with E-state index in [1.807, 2.05) is 25.1 Å². The zero-order chi connectivity index (χ0) is 29.9. The Labute approximate surface area is 237 Å². The van der Waals surface area contributed by atoms with E-state index in [0.717, 1.165) is 23.6 Å². The molecule has 2 aromatic carbocycles. The van der Waals surface area contributed by atoms with Crippen molar-refractivity contribution in [2.75, 3.05) is 45.7 Å². The van der Waals surface area contributed by atoms with Gasteiger partial charge in [0.15, 0.2) is 5.78 Å². The van der Waals surface area contributed by atoms with Gasteiger partial charge in [0.25, 0.3) is 0 Å². The van der Waals surface area contributed by atoms with Crippen LogP contribution < -0.4 is 4.90 Å². The maximum atomic E-state index is 14.2. The Balaban J connectivity index is 1.83. The summed E-state index contributed by atoms with van der Waals surface area (Å²) in [6, 6.07) is 11.3. The lowest BCUT2D eigenvalue weighted by Gasteiger charge is -2.45. The summed E-state index contributed by atoms with van der Waals surface area (Å²) < 4.78 is 40.8. The molecule has 0 bridgehead atoms. The normalized spacial score (nSPS) is 17.6. The van der Waals surface area contributed by atoms with Gasteiger partial charge in [0, 0.05) is 31.3 Å². The molecule has 0 fully saturated rings. The summed E-state index contributed by atoms with van der Waals surface area (Å²) in [6.07, 6.45) is -2.98. The molecule has 41 heavy (non-hydrogen) atoms. The first kappa shape index (κ1) is 29.8. The van der Waals surface area contributed by atoms with Crippen LogP contribution in [0.25, 0.3) is 0 Å². The van der Waals surface area contributed by atoms with Gasteiger partial charge in [-0.2, -0.15) is 18.4 Å². The molecule has 0 aromatic heterocycles. The molecule has 0 N–H and O–H groups in total. The van der Waals surface area contributed by atoms with Gasteiger partial charge >= 0.3 is 12.2 Å². The topological polar surface area (TPSA) is 88.0 Å². The van der Waals surface area contributed by atoms with E-state index in [9.17, 15) is 32.8 Å². The number of hydrogen-bond donors (Lipinski definition) is 0. The Morgan fingerprint density at radius 3 is 2.39 bits per heavy atom. The second kappa shape index (κ2) is 12.1. The van der Waals surface area contributed by atoms with Crippen LogP contribution in [0.2, 0.25) is 0 Å². The molecule has 1 heterocycles. The summed E-state index contributed by atoms with van der Waals surface area (Å²) in [4.78, 5) is 47.0. The summed E-state index contributed by atoms with van der Waals surface area (Å²) in [5.74, 6) is -0.603. The average molecular weight is 568 g/mol. The number of ketones is 1. The zero-order valence-electron chi connectivity index (χ0n) is 23.2. The van der Waals surface area contributed by atoms with E-state index in [1.54, 1.807) is 31.3 Å². The number of nitrogens with zero attached hydrogens (tertiary/aromatic N) is 5. The molecule has 216 valence electrons. The van der Waals surface area contributed by atoms with Gasteiger partial charge in [-0.15, -0.1) is 0 Å². The molecule has 1 atom stereocenters. The monoisotopic (exact) mass is 567 g/mol. The molecule has 1 aliphatic carbocycles. The number of carbonyl (C=O) groups excluding carboxylic acids is 3. The SMILES string of the molecule is CN(C)CCCN(C)C(=O)CN1C(=O)N(c2cccc(C(F)(F)F)c2)C2=C(C(=O)CCC2)C1c1ccc(C#N)cc1. The molecular weight excluding hydrogens is 535 g/mol. The van der Waals surface area contributed by atoms with Crippen LogP contribution in [-0.4, -0.2) is 73.2 Å². The van der Waals surface area contributed by atoms with Crippen molar-refractivity contribution < 1.29 is 27.6 Å². The number of carbonyl (C=O) groups is 3. The van der Waals surface area contributed by atoms with Crippen LogP contribution in [0.3, 0.4) is 0 Å². The Morgan fingerprint density at radius 2 is 1.76 bits per heavy atom. The first-order valence-electron chi connectivity index (χ1n) is 13.4. The third-order valence-corrected chi connectivity index (χ3v) is 7.34. The van der Waals surface area contributed by atoms with Gasteiger partial charge in [-0.25, -0.2) is 4.79 Å². The van der Waals surface area contributed by atoms with Crippen LogP contribution in [0.15, 0.2) is 59.8 Å². The molecule has 0 spiro atoms. The average Bonchev–Trinajstić information content (AvgIpc) is 2.93. The van der Waals surface area contributed by atoms with E-state index in [2.05, 4.69) is 0 Å². The van der Waals surface area contributed by atoms with Crippen LogP contribution in [0.4, 0.5) is 23.7 Å². The first-order valence-corrected chi connectivity index (χ1v) is 13.4. The minimum Gasteiger partial charge on any atom is -0.344 e. The molecular formula is C30H32F3N5O3. The number of rotatable bonds is 8. The summed E-state index contributed by atoms with van der Waals surface area (Å²) in [7, 11) is 5.47. The number of allylic oxidation sites excluding steroid dienone is 1. The van der Waals surface area contributed by atoms with E-state index in [1.165, 1.54) is 21.9 Å². The predicted octanol–water partition coefficient (Wildman–Crippen LogP) is 4.98. The number of Topliss-reactive ketones (excluding diaryl/α,β-unsaturated/α-hetero) is 1. The van der Waals surface area contributed by atoms with Gasteiger partial charge in [-0.05, 0) is 75.8 Å². The lowest BCUT2D eigenvalue weighted by molar-refractivity contribution is -0.137. The minimum absolute atomic E-state index is 0.0258. The summed E-state index contributed by atoms with van der Waals surface area (Å²) in [5.41, 5.74) is 0.580. The van der Waals surface area contributed by atoms with Gasteiger partial charge in [0.2, 0.25) is 5.91 Å². The van der Waals surface area contributed by atoms with Crippen molar-refractivity contribution in [1.29, 1.82) is 5.26 Å². The summed E-state index contributed by atoms with van der Waals surface area (Å²) in [5, 5.41) is 9.27. The van der Waals surface area contributed by atoms with Crippen LogP contribution in [0.1, 0.15) is 48.4 Å². The number of amides is 3. The number of hydrogen-bond acceptors (Lipinski definition) is 5. The number of alkyl halides is 3. The number of benzene rings is 2. The summed E-state index contributed by atoms with van der Waals surface area (Å²) in [6.45, 7) is 0.800. The van der Waals surface area contributed by atoms with E-state index in [-0.39, 0.29) is 35.9 Å². The fourth-order valence-corrected chi connectivity index (χ4v) is 5.25. The van der Waals surface area contributed by atoms with Crippen molar-refractivity contribution in [3.63, 3.8) is 0 Å². The fraction of sp³-hybridized carbons (Fsp3) is 0.400. The first-order chi connectivity index (χ1) is 19.4. The quantitative estimate of drug-likeness (QED) is 0.449. The molecule has 0 saturated heterocycles. The molecule has 0 radical (unpaired) electrons. The van der Waals surface area contributed by atoms with Crippen molar-refractivity contribution in [2.45, 2.75) is 37.9 Å². The summed E-state index contributed by atoms with van der Waals surface area (Å²) >= 11 is 0. The third kappa shape index (κ3) is 6.43. The standard InChI is InChI=1S/C30H32F3N5O3/c1-35(2)15-6-16-36(3)26(40)19-37-28(21-13-11-20(18-34)12-14-21)27-24(9-5-10-25(27)39)38(29(37)41)23-8-4-7-22(17-23)30(31,32)33/h4,7-8,11-14,17,28H,5-6,9-10,15-16,19H2,1-3H3. The lowest BCUT2D eigenvalue weighted by Crippen LogP contribution is -2.54. The predicted molar refractivity (Wildman–Crippen MR) is 147 cm³/mol. The Hall–Kier alpha value is -4.17. The molecule has 0 saturated carbocycles. The second-order valence-corrected chi connectivity index (χ2v) is 10.5. The van der Waals surface area contributed by atoms with Crippen molar-refractivity contribution in [3.05, 3.63) is 76.5 Å². The number of likely N-dealkylation sites (N-methyl/N-ethyl adjacent to an activating group) is 1. The fourth-order valence-electron chi connectivity index (χ4n) is 5.25. The number of nitriles is 1. The van der Waals surface area contributed by atoms with Crippen LogP contribution >= 0.6 is 0 Å². The van der Waals surface area contributed by atoms with Crippen LogP contribution in [-0.2, 0) is 15.8 Å². The number of halogens is 3. The third-order valence-electron chi connectivity index (χ3n) is 7.34. The highest BCUT2D eigenvalue weighted by molar-refractivity contribution is 6.07. The van der Waals surface area contributed by atoms with E-state index < -0.39 is 23.8 Å². The van der Waals surface area contributed by atoms with Crippen molar-refractivity contribution in [1.82, 2.24) is 14.7 Å². The minimum atomic E-state index is -4.63. The maximum Gasteiger partial charge on any atom is 0.416 e. The molecule has 2 aliphatic rings. The van der Waals surface area contributed by atoms with Gasteiger partial charge in [-0.3, -0.25) is 14.5 Å². The maximum absolute atomic E-state index is 14.2. The lowest BCUT2D eigenvalue weighted by atomic mass is 9.83. The van der Waals surface area contributed by atoms with Gasteiger partial charge in [-0.1, -0.05) is 18.2 Å². The Kier molecular flexibility index (Phi) is 8.83. The van der Waals surface area contributed by atoms with Gasteiger partial charge < -0.3 is 14.7 Å². The molecule has 11 heteroatoms. The Morgan fingerprint density at radius 1 is 1.05 bits per heavy atom. The van der Waals surface area contributed by atoms with E-state index >= 15 is 0 Å². The molecule has 3 amide bonds. The smallest absolute Gasteiger partial charge is 0.344 e. The highest BCUT2D eigenvalue weighted by atomic mass is 19.4. The second-order valence-electron chi connectivity index (χ2n) is 10.5. The molecule has 4 rings (SSSR count). The van der Waals surface area contributed by atoms with Gasteiger partial charge in [0.1, 0.15) is 6.54 Å². The largest absolute Gasteiger partial charge is 0.416 e. The highest BCUT2D eigenvalue weighted by Crippen LogP contribution is 2.44.